The van der Waals surface area contributed by atoms with E-state index in [0.717, 1.165) is 6.61 Å². The van der Waals surface area contributed by atoms with Gasteiger partial charge in [-0.2, -0.15) is 0 Å². The molecule has 0 bridgehead atoms. The molecule has 0 rings (SSSR count). The molecule has 0 fully saturated rings. The predicted octanol–water partition coefficient (Wildman–Crippen LogP) is 6.85. The summed E-state index contributed by atoms with van der Waals surface area (Å²) >= 11 is 0. The Hall–Kier alpha value is 0.0969. The van der Waals surface area contributed by atoms with Gasteiger partial charge in [-0.3, -0.25) is 0 Å². The minimum absolute atomic E-state index is 0.647. The number of hydrogen-bond donors (Lipinski definition) is 0. The van der Waals surface area contributed by atoms with E-state index in [9.17, 15) is 0 Å². The highest BCUT2D eigenvalue weighted by Crippen LogP contribution is 2.13. The first-order valence-corrected chi connectivity index (χ1v) is 13.7. The molecule has 152 valence electrons. The zero-order valence-corrected chi connectivity index (χ0v) is 18.7. The van der Waals surface area contributed by atoms with Crippen molar-refractivity contribution in [2.45, 2.75) is 110 Å². The van der Waals surface area contributed by atoms with E-state index in [1.807, 2.05) is 0 Å². The highest BCUT2D eigenvalue weighted by Gasteiger charge is 2.23. The zero-order valence-electron chi connectivity index (χ0n) is 17.7. The molecule has 4 heteroatoms. The van der Waals surface area contributed by atoms with Crippen LogP contribution in [0.1, 0.15) is 96.8 Å². The SMILES string of the molecule is CCCCCCCCCCCCCCCCO[Si](C)(C)OCCOC. The molecule has 0 saturated heterocycles. The first-order chi connectivity index (χ1) is 12.1. The van der Waals surface area contributed by atoms with Gasteiger partial charge in [-0.1, -0.05) is 90.4 Å². The Kier molecular flexibility index (Phi) is 18.9. The summed E-state index contributed by atoms with van der Waals surface area (Å²) in [7, 11) is -0.224. The molecule has 0 saturated carbocycles. The molecular formula is C21H46O3Si. The normalized spacial score (nSPS) is 12.0. The largest absolute Gasteiger partial charge is 0.395 e. The lowest BCUT2D eigenvalue weighted by atomic mass is 10.0. The minimum atomic E-state index is -1.93. The van der Waals surface area contributed by atoms with Crippen molar-refractivity contribution < 1.29 is 13.6 Å². The number of rotatable bonds is 20. The van der Waals surface area contributed by atoms with E-state index >= 15 is 0 Å². The molecule has 0 aliphatic carbocycles. The van der Waals surface area contributed by atoms with E-state index in [1.165, 1.54) is 89.9 Å². The fourth-order valence-corrected chi connectivity index (χ4v) is 4.32. The van der Waals surface area contributed by atoms with Gasteiger partial charge in [-0.15, -0.1) is 0 Å². The van der Waals surface area contributed by atoms with Crippen LogP contribution in [0.2, 0.25) is 13.1 Å². The second-order valence-corrected chi connectivity index (χ2v) is 11.1. The molecule has 0 atom stereocenters. The van der Waals surface area contributed by atoms with Crippen LogP contribution in [-0.4, -0.2) is 35.5 Å². The zero-order chi connectivity index (χ0) is 18.6. The van der Waals surface area contributed by atoms with Crippen molar-refractivity contribution in [1.29, 1.82) is 0 Å². The van der Waals surface area contributed by atoms with Gasteiger partial charge in [-0.25, -0.2) is 0 Å². The Bertz CT molecular complexity index is 260. The number of hydrogen-bond acceptors (Lipinski definition) is 3. The Morgan fingerprint density at radius 2 is 0.920 bits per heavy atom. The molecule has 0 aliphatic heterocycles. The maximum Gasteiger partial charge on any atom is 0.331 e. The van der Waals surface area contributed by atoms with Crippen LogP contribution in [0.4, 0.5) is 0 Å². The lowest BCUT2D eigenvalue weighted by Gasteiger charge is -2.22. The summed E-state index contributed by atoms with van der Waals surface area (Å²) in [5.41, 5.74) is 0. The summed E-state index contributed by atoms with van der Waals surface area (Å²) in [5.74, 6) is 0. The van der Waals surface area contributed by atoms with Gasteiger partial charge in [0.2, 0.25) is 0 Å². The third kappa shape index (κ3) is 20.3. The van der Waals surface area contributed by atoms with Crippen LogP contribution in [0.5, 0.6) is 0 Å². The first kappa shape index (κ1) is 25.1. The van der Waals surface area contributed by atoms with Gasteiger partial charge in [0.1, 0.15) is 0 Å². The van der Waals surface area contributed by atoms with Crippen molar-refractivity contribution in [2.24, 2.45) is 0 Å². The van der Waals surface area contributed by atoms with Gasteiger partial charge in [-0.05, 0) is 19.5 Å². The fraction of sp³-hybridized carbons (Fsp3) is 1.00. The van der Waals surface area contributed by atoms with Crippen LogP contribution in [0.25, 0.3) is 0 Å². The van der Waals surface area contributed by atoms with E-state index in [0.29, 0.717) is 13.2 Å². The smallest absolute Gasteiger partial charge is 0.331 e. The maximum atomic E-state index is 5.94. The summed E-state index contributed by atoms with van der Waals surface area (Å²) in [6.45, 7) is 8.67. The van der Waals surface area contributed by atoms with Gasteiger partial charge in [0.05, 0.1) is 13.2 Å². The summed E-state index contributed by atoms with van der Waals surface area (Å²) in [5, 5.41) is 0. The van der Waals surface area contributed by atoms with E-state index in [1.54, 1.807) is 7.11 Å². The van der Waals surface area contributed by atoms with Crippen LogP contribution in [-0.2, 0) is 13.6 Å². The van der Waals surface area contributed by atoms with Crippen LogP contribution < -0.4 is 0 Å². The van der Waals surface area contributed by atoms with Gasteiger partial charge in [0.15, 0.2) is 0 Å². The number of ether oxygens (including phenoxy) is 1. The van der Waals surface area contributed by atoms with Crippen molar-refractivity contribution in [3.05, 3.63) is 0 Å². The highest BCUT2D eigenvalue weighted by molar-refractivity contribution is 6.64. The standard InChI is InChI=1S/C21H46O3Si/c1-5-6-7-8-9-10-11-12-13-14-15-16-17-18-19-23-25(3,4)24-21-20-22-2/h5-21H2,1-4H3. The van der Waals surface area contributed by atoms with Crippen molar-refractivity contribution in [3.8, 4) is 0 Å². The van der Waals surface area contributed by atoms with Crippen molar-refractivity contribution in [1.82, 2.24) is 0 Å². The Labute approximate surface area is 159 Å². The third-order valence-corrected chi connectivity index (χ3v) is 6.48. The lowest BCUT2D eigenvalue weighted by Crippen LogP contribution is -2.36. The maximum absolute atomic E-state index is 5.94. The molecule has 0 aromatic carbocycles. The van der Waals surface area contributed by atoms with Gasteiger partial charge in [0.25, 0.3) is 0 Å². The molecule has 0 amide bonds. The molecule has 0 heterocycles. The van der Waals surface area contributed by atoms with Crippen LogP contribution in [0, 0.1) is 0 Å². The first-order valence-electron chi connectivity index (χ1n) is 10.9. The van der Waals surface area contributed by atoms with E-state index in [-0.39, 0.29) is 0 Å². The highest BCUT2D eigenvalue weighted by atomic mass is 28.4. The molecule has 0 radical (unpaired) electrons. The Morgan fingerprint density at radius 1 is 0.520 bits per heavy atom. The van der Waals surface area contributed by atoms with Crippen LogP contribution in [0.15, 0.2) is 0 Å². The fourth-order valence-electron chi connectivity index (χ4n) is 3.03. The molecule has 25 heavy (non-hydrogen) atoms. The molecule has 0 aromatic rings. The number of methoxy groups -OCH3 is 1. The molecule has 0 unspecified atom stereocenters. The third-order valence-electron chi connectivity index (χ3n) is 4.68. The predicted molar refractivity (Wildman–Crippen MR) is 112 cm³/mol. The summed E-state index contributed by atoms with van der Waals surface area (Å²) < 4.78 is 16.7. The molecule has 0 N–H and O–H groups in total. The van der Waals surface area contributed by atoms with Crippen LogP contribution in [0.3, 0.4) is 0 Å². The van der Waals surface area contributed by atoms with Crippen LogP contribution >= 0.6 is 0 Å². The monoisotopic (exact) mass is 374 g/mol. The average Bonchev–Trinajstić information content (AvgIpc) is 2.58. The second-order valence-electron chi connectivity index (χ2n) is 7.69. The summed E-state index contributed by atoms with van der Waals surface area (Å²) in [6.07, 6.45) is 19.5. The second kappa shape index (κ2) is 18.9. The average molecular weight is 375 g/mol. The molecule has 0 aliphatic rings. The van der Waals surface area contributed by atoms with E-state index in [4.69, 9.17) is 13.6 Å². The number of unbranched alkanes of at least 4 members (excludes halogenated alkanes) is 13. The van der Waals surface area contributed by atoms with E-state index < -0.39 is 8.56 Å². The molecule has 3 nitrogen and oxygen atoms in total. The van der Waals surface area contributed by atoms with Crippen molar-refractivity contribution >= 4 is 8.56 Å². The summed E-state index contributed by atoms with van der Waals surface area (Å²) in [4.78, 5) is 0. The molecular weight excluding hydrogens is 328 g/mol. The Morgan fingerprint density at radius 3 is 1.36 bits per heavy atom. The summed E-state index contributed by atoms with van der Waals surface area (Å²) in [6, 6.07) is 0. The molecule has 0 aromatic heterocycles. The topological polar surface area (TPSA) is 27.7 Å². The van der Waals surface area contributed by atoms with Gasteiger partial charge >= 0.3 is 8.56 Å². The molecule has 0 spiro atoms. The van der Waals surface area contributed by atoms with Gasteiger partial charge < -0.3 is 13.6 Å². The Balaban J connectivity index is 3.18. The van der Waals surface area contributed by atoms with E-state index in [2.05, 4.69) is 20.0 Å². The lowest BCUT2D eigenvalue weighted by molar-refractivity contribution is 0.112. The quantitative estimate of drug-likeness (QED) is 0.172. The van der Waals surface area contributed by atoms with Gasteiger partial charge in [0, 0.05) is 13.7 Å². The van der Waals surface area contributed by atoms with Crippen molar-refractivity contribution in [2.75, 3.05) is 26.9 Å². The minimum Gasteiger partial charge on any atom is -0.395 e. The van der Waals surface area contributed by atoms with Crippen molar-refractivity contribution in [3.63, 3.8) is 0 Å².